The van der Waals surface area contributed by atoms with Crippen molar-refractivity contribution in [1.82, 2.24) is 10.4 Å². The molecule has 160 valence electrons. The van der Waals surface area contributed by atoms with Crippen molar-refractivity contribution in [3.05, 3.63) is 23.8 Å². The van der Waals surface area contributed by atoms with E-state index in [2.05, 4.69) is 10.1 Å². The van der Waals surface area contributed by atoms with Crippen LogP contribution in [0.4, 0.5) is 20.2 Å². The molecule has 0 unspecified atom stereocenters. The van der Waals surface area contributed by atoms with Crippen LogP contribution in [0.25, 0.3) is 0 Å². The fourth-order valence-electron chi connectivity index (χ4n) is 3.13. The molecular formula is C18H24F2N4O5. The lowest BCUT2D eigenvalue weighted by Gasteiger charge is -2.40. The highest BCUT2D eigenvalue weighted by Crippen LogP contribution is 2.32. The summed E-state index contributed by atoms with van der Waals surface area (Å²) in [5.41, 5.74) is 0.119. The van der Waals surface area contributed by atoms with Crippen LogP contribution >= 0.6 is 0 Å². The largest absolute Gasteiger partial charge is 0.468 e. The number of halogens is 2. The Morgan fingerprint density at radius 3 is 2.55 bits per heavy atom. The molecular weight excluding hydrogens is 390 g/mol. The second kappa shape index (κ2) is 9.33. The highest BCUT2D eigenvalue weighted by molar-refractivity contribution is 5.72. The number of hydroxylamine groups is 3. The third kappa shape index (κ3) is 5.31. The van der Waals surface area contributed by atoms with E-state index in [0.29, 0.717) is 13.1 Å². The van der Waals surface area contributed by atoms with Crippen molar-refractivity contribution in [2.24, 2.45) is 0 Å². The summed E-state index contributed by atoms with van der Waals surface area (Å²) in [5, 5.41) is 5.43. The first kappa shape index (κ1) is 21.2. The normalized spacial score (nSPS) is 20.1. The number of ether oxygens (including phenoxy) is 1. The number of hydrogen-bond donors (Lipinski definition) is 1. The molecule has 0 saturated carbocycles. The van der Waals surface area contributed by atoms with Crippen LogP contribution in [0.5, 0.6) is 0 Å². The van der Waals surface area contributed by atoms with E-state index in [0.717, 1.165) is 0 Å². The van der Waals surface area contributed by atoms with Gasteiger partial charge in [-0.2, -0.15) is 5.06 Å². The van der Waals surface area contributed by atoms with Crippen molar-refractivity contribution in [2.75, 3.05) is 62.9 Å². The quantitative estimate of drug-likeness (QED) is 0.672. The molecule has 2 fully saturated rings. The van der Waals surface area contributed by atoms with Crippen molar-refractivity contribution in [3.8, 4) is 0 Å². The topological polar surface area (TPSA) is 83.6 Å². The minimum absolute atomic E-state index is 0.0554. The van der Waals surface area contributed by atoms with Gasteiger partial charge in [0.15, 0.2) is 11.6 Å². The van der Waals surface area contributed by atoms with Crippen LogP contribution in [0.3, 0.4) is 0 Å². The van der Waals surface area contributed by atoms with Crippen LogP contribution in [0.1, 0.15) is 6.92 Å². The van der Waals surface area contributed by atoms with Gasteiger partial charge in [-0.1, -0.05) is 0 Å². The number of esters is 1. The van der Waals surface area contributed by atoms with Crippen LogP contribution < -0.4 is 15.3 Å². The van der Waals surface area contributed by atoms with Crippen LogP contribution in [0, 0.1) is 11.6 Å². The summed E-state index contributed by atoms with van der Waals surface area (Å²) in [4.78, 5) is 34.7. The number of carbonyl (C=O) groups is 2. The fraction of sp³-hybridized carbons (Fsp3) is 0.556. The lowest BCUT2D eigenvalue weighted by Crippen LogP contribution is -2.53. The Morgan fingerprint density at radius 2 is 1.93 bits per heavy atom. The Hall–Kier alpha value is -2.50. The molecule has 1 amide bonds. The van der Waals surface area contributed by atoms with Crippen molar-refractivity contribution in [2.45, 2.75) is 13.0 Å². The number of amides is 1. The van der Waals surface area contributed by atoms with E-state index in [1.807, 2.05) is 0 Å². The molecule has 0 aromatic heterocycles. The molecule has 9 nitrogen and oxygen atoms in total. The summed E-state index contributed by atoms with van der Waals surface area (Å²) in [7, 11) is 1.28. The SMILES string of the molecule is COC(=O)CN1CCN(c2c(F)cc(N3C[C@H](CNC(C)=O)O3)cc2F)CCO1. The summed E-state index contributed by atoms with van der Waals surface area (Å²) in [6.45, 7) is 3.12. The molecule has 0 spiro atoms. The van der Waals surface area contributed by atoms with Crippen LogP contribution in [0.2, 0.25) is 0 Å². The van der Waals surface area contributed by atoms with Gasteiger partial charge in [-0.25, -0.2) is 8.78 Å². The maximum Gasteiger partial charge on any atom is 0.322 e. The van der Waals surface area contributed by atoms with Crippen molar-refractivity contribution in [1.29, 1.82) is 0 Å². The molecule has 2 aliphatic heterocycles. The van der Waals surface area contributed by atoms with Crippen molar-refractivity contribution in [3.63, 3.8) is 0 Å². The van der Waals surface area contributed by atoms with E-state index in [9.17, 15) is 18.4 Å². The molecule has 3 rings (SSSR count). The first-order valence-corrected chi connectivity index (χ1v) is 9.24. The lowest BCUT2D eigenvalue weighted by atomic mass is 10.2. The van der Waals surface area contributed by atoms with Gasteiger partial charge < -0.3 is 15.0 Å². The van der Waals surface area contributed by atoms with E-state index >= 15 is 0 Å². The first-order chi connectivity index (χ1) is 13.9. The number of hydrogen-bond acceptors (Lipinski definition) is 8. The number of methoxy groups -OCH3 is 1. The Labute approximate surface area is 167 Å². The van der Waals surface area contributed by atoms with Crippen LogP contribution in [-0.4, -0.2) is 76.0 Å². The number of carbonyl (C=O) groups excluding carboxylic acids is 2. The Kier molecular flexibility index (Phi) is 6.83. The van der Waals surface area contributed by atoms with Gasteiger partial charge in [-0.15, -0.1) is 0 Å². The maximum absolute atomic E-state index is 14.7. The highest BCUT2D eigenvalue weighted by atomic mass is 19.1. The number of anilines is 2. The van der Waals surface area contributed by atoms with E-state index < -0.39 is 17.6 Å². The van der Waals surface area contributed by atoms with Gasteiger partial charge in [0.1, 0.15) is 18.3 Å². The summed E-state index contributed by atoms with van der Waals surface area (Å²) in [5.74, 6) is -2.04. The molecule has 2 aliphatic rings. The predicted molar refractivity (Wildman–Crippen MR) is 99.0 cm³/mol. The smallest absolute Gasteiger partial charge is 0.322 e. The second-order valence-corrected chi connectivity index (χ2v) is 6.74. The molecule has 2 saturated heterocycles. The minimum atomic E-state index is -0.713. The maximum atomic E-state index is 14.7. The number of nitrogens with one attached hydrogen (secondary N) is 1. The number of benzene rings is 1. The van der Waals surface area contributed by atoms with E-state index in [4.69, 9.17) is 9.68 Å². The molecule has 1 atom stereocenters. The summed E-state index contributed by atoms with van der Waals surface area (Å²) in [6, 6.07) is 2.43. The lowest BCUT2D eigenvalue weighted by molar-refractivity contribution is -0.172. The van der Waals surface area contributed by atoms with Gasteiger partial charge in [0.2, 0.25) is 5.91 Å². The second-order valence-electron chi connectivity index (χ2n) is 6.74. The summed E-state index contributed by atoms with van der Waals surface area (Å²) >= 11 is 0. The third-order valence-electron chi connectivity index (χ3n) is 4.62. The van der Waals surface area contributed by atoms with Crippen LogP contribution in [0.15, 0.2) is 12.1 Å². The predicted octanol–water partition coefficient (Wildman–Crippen LogP) is 0.448. The standard InChI is InChI=1S/C18H24F2N4O5/c1-12(25)21-9-14-10-24(29-14)13-7-15(19)18(16(20)8-13)22-3-4-23(28-6-5-22)11-17(26)27-2/h7-8,14H,3-6,9-11H2,1-2H3,(H,21,25)/t14-/m0/s1. The summed E-state index contributed by atoms with van der Waals surface area (Å²) in [6.07, 6.45) is -0.228. The average molecular weight is 414 g/mol. The van der Waals surface area contributed by atoms with Gasteiger partial charge in [-0.05, 0) is 0 Å². The van der Waals surface area contributed by atoms with Gasteiger partial charge in [0.05, 0.1) is 25.9 Å². The number of nitrogens with zero attached hydrogens (tertiary/aromatic N) is 3. The monoisotopic (exact) mass is 414 g/mol. The zero-order chi connectivity index (χ0) is 21.0. The molecule has 1 N–H and O–H groups in total. The summed E-state index contributed by atoms with van der Waals surface area (Å²) < 4.78 is 34.0. The van der Waals surface area contributed by atoms with Gasteiger partial charge >= 0.3 is 5.97 Å². The van der Waals surface area contributed by atoms with Crippen LogP contribution in [-0.2, 0) is 24.0 Å². The minimum Gasteiger partial charge on any atom is -0.468 e. The van der Waals surface area contributed by atoms with Gasteiger partial charge in [0, 0.05) is 45.2 Å². The van der Waals surface area contributed by atoms with Crippen molar-refractivity contribution >= 4 is 23.3 Å². The van der Waals surface area contributed by atoms with Gasteiger partial charge in [0.25, 0.3) is 0 Å². The zero-order valence-corrected chi connectivity index (χ0v) is 16.3. The average Bonchev–Trinajstić information content (AvgIpc) is 2.85. The zero-order valence-electron chi connectivity index (χ0n) is 16.3. The molecule has 0 aliphatic carbocycles. The van der Waals surface area contributed by atoms with E-state index in [1.54, 1.807) is 4.90 Å². The van der Waals surface area contributed by atoms with Gasteiger partial charge in [-0.3, -0.25) is 24.3 Å². The molecule has 29 heavy (non-hydrogen) atoms. The molecule has 1 aromatic rings. The van der Waals surface area contributed by atoms with E-state index in [1.165, 1.54) is 36.3 Å². The molecule has 1 aromatic carbocycles. The molecule has 0 bridgehead atoms. The highest BCUT2D eigenvalue weighted by Gasteiger charge is 2.31. The molecule has 11 heteroatoms. The Bertz CT molecular complexity index is 737. The Balaban J connectivity index is 1.61. The molecule has 0 radical (unpaired) electrons. The number of rotatable bonds is 6. The molecule has 2 heterocycles. The Morgan fingerprint density at radius 1 is 1.24 bits per heavy atom. The fourth-order valence-corrected chi connectivity index (χ4v) is 3.13. The first-order valence-electron chi connectivity index (χ1n) is 9.24. The third-order valence-corrected chi connectivity index (χ3v) is 4.62. The van der Waals surface area contributed by atoms with Crippen molar-refractivity contribution < 1.29 is 32.8 Å². The van der Waals surface area contributed by atoms with E-state index in [-0.39, 0.29) is 56.2 Å².